The van der Waals surface area contributed by atoms with Gasteiger partial charge in [0.15, 0.2) is 0 Å². The van der Waals surface area contributed by atoms with Crippen LogP contribution in [0.3, 0.4) is 0 Å². The lowest BCUT2D eigenvalue weighted by Gasteiger charge is -2.24. The van der Waals surface area contributed by atoms with Crippen LogP contribution >= 0.6 is 0 Å². The predicted octanol–water partition coefficient (Wildman–Crippen LogP) is 4.12. The second kappa shape index (κ2) is 9.70. The van der Waals surface area contributed by atoms with Gasteiger partial charge < -0.3 is 9.64 Å². The van der Waals surface area contributed by atoms with Gasteiger partial charge in [0.05, 0.1) is 13.0 Å². The molecule has 3 aromatic rings. The lowest BCUT2D eigenvalue weighted by atomic mass is 9.91. The standard InChI is InChI=1S/C24H26N2O2/c1-26(16-14-21-12-6-7-13-23(21)28-2)24(27)22(20-10-4-3-5-11-20)17-19-9-8-15-25-18-19/h3-13,15,18,22H,14,16-17H2,1-2H3. The predicted molar refractivity (Wildman–Crippen MR) is 111 cm³/mol. The highest BCUT2D eigenvalue weighted by Crippen LogP contribution is 2.24. The van der Waals surface area contributed by atoms with Gasteiger partial charge >= 0.3 is 0 Å². The first kappa shape index (κ1) is 19.6. The van der Waals surface area contributed by atoms with Gasteiger partial charge in [0.25, 0.3) is 0 Å². The summed E-state index contributed by atoms with van der Waals surface area (Å²) in [6, 6.07) is 21.8. The Bertz CT molecular complexity index is 881. The van der Waals surface area contributed by atoms with Crippen molar-refractivity contribution in [2.75, 3.05) is 20.7 Å². The van der Waals surface area contributed by atoms with E-state index in [0.717, 1.165) is 28.9 Å². The number of hydrogen-bond acceptors (Lipinski definition) is 3. The molecule has 0 aliphatic carbocycles. The molecule has 1 unspecified atom stereocenters. The first-order valence-corrected chi connectivity index (χ1v) is 9.49. The maximum atomic E-state index is 13.3. The maximum absolute atomic E-state index is 13.3. The Labute approximate surface area is 166 Å². The number of rotatable bonds is 8. The summed E-state index contributed by atoms with van der Waals surface area (Å²) in [5.74, 6) is 0.747. The van der Waals surface area contributed by atoms with Crippen LogP contribution in [0.25, 0.3) is 0 Å². The van der Waals surface area contributed by atoms with E-state index < -0.39 is 0 Å². The first-order valence-electron chi connectivity index (χ1n) is 9.49. The largest absolute Gasteiger partial charge is 0.496 e. The third-order valence-corrected chi connectivity index (χ3v) is 4.95. The number of ether oxygens (including phenoxy) is 1. The number of aromatic nitrogens is 1. The van der Waals surface area contributed by atoms with Gasteiger partial charge in [-0.05, 0) is 41.7 Å². The molecule has 0 spiro atoms. The molecule has 0 radical (unpaired) electrons. The monoisotopic (exact) mass is 374 g/mol. The van der Waals surface area contributed by atoms with Crippen molar-refractivity contribution in [2.45, 2.75) is 18.8 Å². The fourth-order valence-electron chi connectivity index (χ4n) is 3.36. The van der Waals surface area contributed by atoms with Crippen molar-refractivity contribution in [3.05, 3.63) is 95.8 Å². The molecule has 28 heavy (non-hydrogen) atoms. The molecule has 1 amide bonds. The van der Waals surface area contributed by atoms with Crippen molar-refractivity contribution in [1.82, 2.24) is 9.88 Å². The molecule has 4 heteroatoms. The highest BCUT2D eigenvalue weighted by molar-refractivity contribution is 5.84. The van der Waals surface area contributed by atoms with E-state index in [2.05, 4.69) is 4.98 Å². The molecule has 0 fully saturated rings. The number of nitrogens with zero attached hydrogens (tertiary/aromatic N) is 2. The van der Waals surface area contributed by atoms with Gasteiger partial charge in [-0.25, -0.2) is 0 Å². The topological polar surface area (TPSA) is 42.4 Å². The summed E-state index contributed by atoms with van der Waals surface area (Å²) in [4.78, 5) is 19.3. The zero-order chi connectivity index (χ0) is 19.8. The summed E-state index contributed by atoms with van der Waals surface area (Å²) in [7, 11) is 3.55. The maximum Gasteiger partial charge on any atom is 0.230 e. The molecule has 2 aromatic carbocycles. The van der Waals surface area contributed by atoms with Crippen LogP contribution in [0.15, 0.2) is 79.1 Å². The summed E-state index contributed by atoms with van der Waals surface area (Å²) in [6.07, 6.45) is 4.97. The Hall–Kier alpha value is -3.14. The summed E-state index contributed by atoms with van der Waals surface area (Å²) in [5.41, 5.74) is 3.19. The molecular weight excluding hydrogens is 348 g/mol. The minimum Gasteiger partial charge on any atom is -0.496 e. The SMILES string of the molecule is COc1ccccc1CCN(C)C(=O)C(Cc1cccnc1)c1ccccc1. The molecule has 0 saturated carbocycles. The molecule has 0 saturated heterocycles. The molecule has 1 heterocycles. The highest BCUT2D eigenvalue weighted by Gasteiger charge is 2.24. The van der Waals surface area contributed by atoms with E-state index in [-0.39, 0.29) is 11.8 Å². The fraction of sp³-hybridized carbons (Fsp3) is 0.250. The Morgan fingerprint density at radius 1 is 1.04 bits per heavy atom. The lowest BCUT2D eigenvalue weighted by molar-refractivity contribution is -0.131. The van der Waals surface area contributed by atoms with E-state index in [1.54, 1.807) is 13.3 Å². The Morgan fingerprint density at radius 3 is 2.50 bits per heavy atom. The Balaban J connectivity index is 1.74. The van der Waals surface area contributed by atoms with Gasteiger partial charge in [-0.1, -0.05) is 54.6 Å². The molecule has 144 valence electrons. The zero-order valence-electron chi connectivity index (χ0n) is 16.4. The summed E-state index contributed by atoms with van der Waals surface area (Å²) in [6.45, 7) is 0.635. The van der Waals surface area contributed by atoms with Crippen LogP contribution in [0.5, 0.6) is 5.75 Å². The van der Waals surface area contributed by atoms with Crippen molar-refractivity contribution < 1.29 is 9.53 Å². The Morgan fingerprint density at radius 2 is 1.79 bits per heavy atom. The summed E-state index contributed by atoms with van der Waals surface area (Å²) >= 11 is 0. The number of carbonyl (C=O) groups excluding carboxylic acids is 1. The minimum absolute atomic E-state index is 0.116. The van der Waals surface area contributed by atoms with E-state index >= 15 is 0 Å². The zero-order valence-corrected chi connectivity index (χ0v) is 16.4. The number of carbonyl (C=O) groups is 1. The van der Waals surface area contributed by atoms with Gasteiger partial charge in [0, 0.05) is 26.0 Å². The van der Waals surface area contributed by atoms with Gasteiger partial charge in [0.2, 0.25) is 5.91 Å². The number of methoxy groups -OCH3 is 1. The average molecular weight is 374 g/mol. The molecule has 0 bridgehead atoms. The highest BCUT2D eigenvalue weighted by atomic mass is 16.5. The fourth-order valence-corrected chi connectivity index (χ4v) is 3.36. The van der Waals surface area contributed by atoms with E-state index in [4.69, 9.17) is 4.74 Å². The molecule has 0 N–H and O–H groups in total. The quantitative estimate of drug-likeness (QED) is 0.596. The molecule has 0 aliphatic heterocycles. The lowest BCUT2D eigenvalue weighted by Crippen LogP contribution is -2.34. The van der Waals surface area contributed by atoms with E-state index in [0.29, 0.717) is 13.0 Å². The minimum atomic E-state index is -0.229. The number of amides is 1. The normalized spacial score (nSPS) is 11.6. The third kappa shape index (κ3) is 4.97. The molecular formula is C24H26N2O2. The Kier molecular flexibility index (Phi) is 6.79. The van der Waals surface area contributed by atoms with Crippen molar-refractivity contribution in [1.29, 1.82) is 0 Å². The van der Waals surface area contributed by atoms with Crippen LogP contribution in [0, 0.1) is 0 Å². The van der Waals surface area contributed by atoms with Crippen LogP contribution in [-0.2, 0) is 17.6 Å². The van der Waals surface area contributed by atoms with E-state index in [1.807, 2.05) is 84.9 Å². The average Bonchev–Trinajstić information content (AvgIpc) is 2.76. The van der Waals surface area contributed by atoms with Crippen LogP contribution < -0.4 is 4.74 Å². The van der Waals surface area contributed by atoms with Gasteiger partial charge in [-0.2, -0.15) is 0 Å². The van der Waals surface area contributed by atoms with Crippen LogP contribution in [0.4, 0.5) is 0 Å². The van der Waals surface area contributed by atoms with Crippen LogP contribution in [0.2, 0.25) is 0 Å². The van der Waals surface area contributed by atoms with Crippen LogP contribution in [0.1, 0.15) is 22.6 Å². The van der Waals surface area contributed by atoms with Crippen molar-refractivity contribution in [3.63, 3.8) is 0 Å². The summed E-state index contributed by atoms with van der Waals surface area (Å²) in [5, 5.41) is 0. The first-order chi connectivity index (χ1) is 13.7. The second-order valence-corrected chi connectivity index (χ2v) is 6.85. The smallest absolute Gasteiger partial charge is 0.230 e. The van der Waals surface area contributed by atoms with Crippen molar-refractivity contribution in [2.24, 2.45) is 0 Å². The van der Waals surface area contributed by atoms with Gasteiger partial charge in [0.1, 0.15) is 5.75 Å². The number of para-hydroxylation sites is 1. The number of pyridine rings is 1. The molecule has 4 nitrogen and oxygen atoms in total. The summed E-state index contributed by atoms with van der Waals surface area (Å²) < 4.78 is 5.42. The number of hydrogen-bond donors (Lipinski definition) is 0. The molecule has 3 rings (SSSR count). The van der Waals surface area contributed by atoms with Crippen molar-refractivity contribution >= 4 is 5.91 Å². The van der Waals surface area contributed by atoms with Gasteiger partial charge in [-0.3, -0.25) is 9.78 Å². The van der Waals surface area contributed by atoms with Crippen LogP contribution in [-0.4, -0.2) is 36.5 Å². The number of likely N-dealkylation sites (N-methyl/N-ethyl adjacent to an activating group) is 1. The van der Waals surface area contributed by atoms with Gasteiger partial charge in [-0.15, -0.1) is 0 Å². The second-order valence-electron chi connectivity index (χ2n) is 6.85. The molecule has 0 aliphatic rings. The van der Waals surface area contributed by atoms with E-state index in [1.165, 1.54) is 0 Å². The molecule has 1 aromatic heterocycles. The van der Waals surface area contributed by atoms with E-state index in [9.17, 15) is 4.79 Å². The number of benzene rings is 2. The molecule has 1 atom stereocenters. The van der Waals surface area contributed by atoms with Crippen molar-refractivity contribution in [3.8, 4) is 5.75 Å². The third-order valence-electron chi connectivity index (χ3n) is 4.95.